The molecule has 0 aliphatic carbocycles. The summed E-state index contributed by atoms with van der Waals surface area (Å²) in [5.74, 6) is 0.354. The van der Waals surface area contributed by atoms with Gasteiger partial charge in [-0.15, -0.1) is 0 Å². The lowest BCUT2D eigenvalue weighted by molar-refractivity contribution is 0.0949. The third kappa shape index (κ3) is 2.20. The molecule has 0 aliphatic rings. The van der Waals surface area contributed by atoms with E-state index in [-0.39, 0.29) is 11.8 Å². The molecule has 0 saturated heterocycles. The van der Waals surface area contributed by atoms with Crippen LogP contribution in [-0.2, 0) is 0 Å². The lowest BCUT2D eigenvalue weighted by Gasteiger charge is -1.99. The summed E-state index contributed by atoms with van der Waals surface area (Å²) in [6.07, 6.45) is 1.82. The van der Waals surface area contributed by atoms with E-state index in [0.717, 1.165) is 0 Å². The van der Waals surface area contributed by atoms with Crippen LogP contribution in [0.3, 0.4) is 0 Å². The van der Waals surface area contributed by atoms with Crippen molar-refractivity contribution in [2.24, 2.45) is 5.73 Å². The molecule has 1 heterocycles. The van der Waals surface area contributed by atoms with Crippen LogP contribution in [0.2, 0.25) is 0 Å². The van der Waals surface area contributed by atoms with E-state index in [2.05, 4.69) is 0 Å². The Hall–Kier alpha value is -1.09. The predicted molar refractivity (Wildman–Crippen MR) is 41.3 cm³/mol. The number of rotatable bonds is 3. The molecule has 3 heteroatoms. The zero-order valence-corrected chi connectivity index (χ0v) is 6.41. The summed E-state index contributed by atoms with van der Waals surface area (Å²) in [4.78, 5) is 11.1. The van der Waals surface area contributed by atoms with E-state index in [1.165, 1.54) is 6.26 Å². The van der Waals surface area contributed by atoms with Crippen LogP contribution in [-0.4, -0.2) is 11.8 Å². The molecule has 0 spiro atoms. The van der Waals surface area contributed by atoms with Crippen molar-refractivity contribution in [3.63, 3.8) is 0 Å². The highest BCUT2D eigenvalue weighted by Gasteiger charge is 2.09. The Kier molecular flexibility index (Phi) is 2.44. The van der Waals surface area contributed by atoms with Gasteiger partial charge in [0.1, 0.15) is 0 Å². The monoisotopic (exact) mass is 153 g/mol. The van der Waals surface area contributed by atoms with Gasteiger partial charge in [-0.2, -0.15) is 0 Å². The molecule has 0 aliphatic heterocycles. The molecule has 0 aromatic carbocycles. The van der Waals surface area contributed by atoms with Crippen molar-refractivity contribution in [3.05, 3.63) is 24.2 Å². The Morgan fingerprint density at radius 1 is 1.82 bits per heavy atom. The van der Waals surface area contributed by atoms with Crippen LogP contribution < -0.4 is 5.73 Å². The number of furan rings is 1. The lowest BCUT2D eigenvalue weighted by Crippen LogP contribution is -2.19. The minimum absolute atomic E-state index is 0.0370. The van der Waals surface area contributed by atoms with Crippen molar-refractivity contribution < 1.29 is 9.21 Å². The Morgan fingerprint density at radius 2 is 2.55 bits per heavy atom. The van der Waals surface area contributed by atoms with Gasteiger partial charge in [0.2, 0.25) is 0 Å². The summed E-state index contributed by atoms with van der Waals surface area (Å²) in [5.41, 5.74) is 5.44. The largest absolute Gasteiger partial charge is 0.461 e. The molecule has 0 bridgehead atoms. The molecule has 0 unspecified atom stereocenters. The molecule has 2 N–H and O–H groups in total. The number of hydrogen-bond donors (Lipinski definition) is 1. The fourth-order valence-electron chi connectivity index (χ4n) is 0.830. The smallest absolute Gasteiger partial charge is 0.199 e. The number of hydrogen-bond acceptors (Lipinski definition) is 3. The summed E-state index contributed by atoms with van der Waals surface area (Å²) < 4.78 is 4.89. The molecule has 1 atom stereocenters. The first-order valence-electron chi connectivity index (χ1n) is 3.52. The number of Topliss-reactive ketones (excluding diaryl/α,β-unsaturated/α-hetero) is 1. The number of ketones is 1. The molecule has 3 nitrogen and oxygen atoms in total. The van der Waals surface area contributed by atoms with Gasteiger partial charge in [0.05, 0.1) is 6.26 Å². The van der Waals surface area contributed by atoms with Gasteiger partial charge < -0.3 is 10.2 Å². The molecule has 60 valence electrons. The first-order chi connectivity index (χ1) is 5.20. The van der Waals surface area contributed by atoms with Crippen LogP contribution in [0.4, 0.5) is 0 Å². The Bertz CT molecular complexity index is 226. The van der Waals surface area contributed by atoms with Gasteiger partial charge in [-0.3, -0.25) is 4.79 Å². The Balaban J connectivity index is 2.57. The van der Waals surface area contributed by atoms with Gasteiger partial charge in [-0.1, -0.05) is 0 Å². The second-order valence-corrected chi connectivity index (χ2v) is 2.58. The summed E-state index contributed by atoms with van der Waals surface area (Å²) in [6, 6.07) is 3.23. The van der Waals surface area contributed by atoms with E-state index < -0.39 is 0 Å². The third-order valence-electron chi connectivity index (χ3n) is 1.30. The minimum Gasteiger partial charge on any atom is -0.461 e. The van der Waals surface area contributed by atoms with Crippen molar-refractivity contribution in [1.29, 1.82) is 0 Å². The molecule has 0 radical (unpaired) electrons. The van der Waals surface area contributed by atoms with Crippen LogP contribution in [0.15, 0.2) is 22.8 Å². The summed E-state index contributed by atoms with van der Waals surface area (Å²) in [5, 5.41) is 0. The van der Waals surface area contributed by atoms with Gasteiger partial charge in [0.15, 0.2) is 11.5 Å². The maximum Gasteiger partial charge on any atom is 0.199 e. The fourth-order valence-corrected chi connectivity index (χ4v) is 0.830. The quantitative estimate of drug-likeness (QED) is 0.664. The number of carbonyl (C=O) groups excluding carboxylic acids is 1. The van der Waals surface area contributed by atoms with E-state index in [1.807, 2.05) is 0 Å². The van der Waals surface area contributed by atoms with E-state index in [4.69, 9.17) is 10.2 Å². The Morgan fingerprint density at radius 3 is 3.00 bits per heavy atom. The van der Waals surface area contributed by atoms with E-state index in [9.17, 15) is 4.79 Å². The molecule has 1 rings (SSSR count). The van der Waals surface area contributed by atoms with Crippen LogP contribution >= 0.6 is 0 Å². The van der Waals surface area contributed by atoms with E-state index in [1.54, 1.807) is 19.1 Å². The summed E-state index contributed by atoms with van der Waals surface area (Å²) in [6.45, 7) is 1.79. The van der Waals surface area contributed by atoms with Gasteiger partial charge >= 0.3 is 0 Å². The maximum absolute atomic E-state index is 11.1. The summed E-state index contributed by atoms with van der Waals surface area (Å²) >= 11 is 0. The summed E-state index contributed by atoms with van der Waals surface area (Å²) in [7, 11) is 0. The molecule has 11 heavy (non-hydrogen) atoms. The highest BCUT2D eigenvalue weighted by molar-refractivity contribution is 5.93. The van der Waals surface area contributed by atoms with E-state index in [0.29, 0.717) is 12.2 Å². The first-order valence-corrected chi connectivity index (χ1v) is 3.52. The molecule has 0 amide bonds. The van der Waals surface area contributed by atoms with Crippen LogP contribution in [0.1, 0.15) is 23.9 Å². The van der Waals surface area contributed by atoms with Crippen LogP contribution in [0.5, 0.6) is 0 Å². The van der Waals surface area contributed by atoms with Crippen molar-refractivity contribution in [3.8, 4) is 0 Å². The molecule has 1 aromatic rings. The van der Waals surface area contributed by atoms with E-state index >= 15 is 0 Å². The maximum atomic E-state index is 11.1. The standard InChI is InChI=1S/C8H11NO2/c1-6(9)5-7(10)8-3-2-4-11-8/h2-4,6H,5,9H2,1H3/t6-/m0/s1. The highest BCUT2D eigenvalue weighted by Crippen LogP contribution is 2.04. The van der Waals surface area contributed by atoms with Crippen LogP contribution in [0, 0.1) is 0 Å². The average Bonchev–Trinajstić information content (AvgIpc) is 2.35. The van der Waals surface area contributed by atoms with Gasteiger partial charge in [0.25, 0.3) is 0 Å². The molecular formula is C8H11NO2. The second-order valence-electron chi connectivity index (χ2n) is 2.58. The topological polar surface area (TPSA) is 56.2 Å². The van der Waals surface area contributed by atoms with Gasteiger partial charge in [-0.25, -0.2) is 0 Å². The zero-order valence-electron chi connectivity index (χ0n) is 6.41. The predicted octanol–water partition coefficient (Wildman–Crippen LogP) is 1.20. The first kappa shape index (κ1) is 8.01. The van der Waals surface area contributed by atoms with Crippen molar-refractivity contribution >= 4 is 5.78 Å². The lowest BCUT2D eigenvalue weighted by atomic mass is 10.1. The number of carbonyl (C=O) groups is 1. The normalized spacial score (nSPS) is 12.9. The SMILES string of the molecule is C[C@H](N)CC(=O)c1ccco1. The average molecular weight is 153 g/mol. The van der Waals surface area contributed by atoms with Gasteiger partial charge in [0, 0.05) is 12.5 Å². The Labute approximate surface area is 65.2 Å². The molecule has 1 aromatic heterocycles. The number of nitrogens with two attached hydrogens (primary N) is 1. The fraction of sp³-hybridized carbons (Fsp3) is 0.375. The van der Waals surface area contributed by atoms with Crippen molar-refractivity contribution in [1.82, 2.24) is 0 Å². The highest BCUT2D eigenvalue weighted by atomic mass is 16.3. The van der Waals surface area contributed by atoms with Crippen molar-refractivity contribution in [2.75, 3.05) is 0 Å². The minimum atomic E-state index is -0.104. The van der Waals surface area contributed by atoms with Crippen molar-refractivity contribution in [2.45, 2.75) is 19.4 Å². The zero-order chi connectivity index (χ0) is 8.27. The molecule has 0 saturated carbocycles. The molecular weight excluding hydrogens is 142 g/mol. The molecule has 0 fully saturated rings. The second kappa shape index (κ2) is 3.34. The third-order valence-corrected chi connectivity index (χ3v) is 1.30. The van der Waals surface area contributed by atoms with Gasteiger partial charge in [-0.05, 0) is 19.1 Å². The van der Waals surface area contributed by atoms with Crippen LogP contribution in [0.25, 0.3) is 0 Å².